The van der Waals surface area contributed by atoms with Gasteiger partial charge in [-0.25, -0.2) is 15.6 Å². The number of amides is 2. The molecule has 2 amide bonds. The summed E-state index contributed by atoms with van der Waals surface area (Å²) in [4.78, 5) is 11.1. The number of hydrogen-bond acceptors (Lipinski definition) is 2. The first kappa shape index (κ1) is 10.0. The van der Waals surface area contributed by atoms with Gasteiger partial charge in [0.2, 0.25) is 0 Å². The van der Waals surface area contributed by atoms with Crippen molar-refractivity contribution in [1.29, 1.82) is 0 Å². The van der Waals surface area contributed by atoms with Crippen molar-refractivity contribution in [3.63, 3.8) is 0 Å². The Hall–Kier alpha value is -1.07. The predicted octanol–water partition coefficient (Wildman–Crippen LogP) is 1.47. The fourth-order valence-corrected chi connectivity index (χ4v) is 1.10. The molecule has 0 aromatic heterocycles. The lowest BCUT2D eigenvalue weighted by molar-refractivity contribution is 0.248. The van der Waals surface area contributed by atoms with Crippen molar-refractivity contribution in [2.45, 2.75) is 0 Å². The molecule has 0 saturated heterocycles. The number of hydrogen-bond donors (Lipinski definition) is 2. The Bertz CT molecular complexity index is 299. The smallest absolute Gasteiger partial charge is 0.336 e. The van der Waals surface area contributed by atoms with Gasteiger partial charge in [0.05, 0.1) is 5.69 Å². The maximum Gasteiger partial charge on any atom is 0.336 e. The zero-order chi connectivity index (χ0) is 9.84. The van der Waals surface area contributed by atoms with E-state index in [0.717, 1.165) is 9.48 Å². The quantitative estimate of drug-likeness (QED) is 0.446. The lowest BCUT2D eigenvalue weighted by atomic mass is 10.3. The molecular formula is C8H10BrN3O. The summed E-state index contributed by atoms with van der Waals surface area (Å²) < 4.78 is 0.946. The molecule has 0 heterocycles. The van der Waals surface area contributed by atoms with Gasteiger partial charge in [0.1, 0.15) is 0 Å². The molecule has 1 aromatic carbocycles. The van der Waals surface area contributed by atoms with Gasteiger partial charge in [-0.15, -0.1) is 0 Å². The van der Waals surface area contributed by atoms with Crippen molar-refractivity contribution < 1.29 is 4.79 Å². The Kier molecular flexibility index (Phi) is 3.27. The van der Waals surface area contributed by atoms with E-state index < -0.39 is 0 Å². The number of anilines is 1. The van der Waals surface area contributed by atoms with Crippen LogP contribution in [0.25, 0.3) is 0 Å². The first-order valence-corrected chi connectivity index (χ1v) is 4.46. The number of nitrogens with two attached hydrogens (primary N) is 1. The highest BCUT2D eigenvalue weighted by Gasteiger charge is 2.07. The monoisotopic (exact) mass is 243 g/mol. The molecule has 0 aliphatic rings. The number of halogens is 1. The highest BCUT2D eigenvalue weighted by atomic mass is 79.9. The minimum absolute atomic E-state index is 0.345. The molecule has 0 aliphatic heterocycles. The van der Waals surface area contributed by atoms with Crippen LogP contribution in [-0.2, 0) is 0 Å². The molecule has 0 atom stereocenters. The molecule has 1 aromatic rings. The van der Waals surface area contributed by atoms with Crippen LogP contribution in [0.3, 0.4) is 0 Å². The van der Waals surface area contributed by atoms with E-state index >= 15 is 0 Å². The van der Waals surface area contributed by atoms with Gasteiger partial charge in [-0.1, -0.05) is 15.9 Å². The summed E-state index contributed by atoms with van der Waals surface area (Å²) in [5.74, 6) is 5.51. The molecule has 4 nitrogen and oxygen atoms in total. The molecule has 0 aliphatic carbocycles. The van der Waals surface area contributed by atoms with Crippen LogP contribution in [-0.4, -0.2) is 13.1 Å². The van der Waals surface area contributed by atoms with Gasteiger partial charge in [0.15, 0.2) is 0 Å². The third-order valence-corrected chi connectivity index (χ3v) is 2.07. The Labute approximate surface area is 84.8 Å². The standard InChI is InChI=1S/C8H10BrN3O/c1-11-8(13)12(10)7-4-2-6(9)3-5-7/h2-5H,10H2,1H3,(H,11,13). The van der Waals surface area contributed by atoms with Gasteiger partial charge in [0, 0.05) is 11.5 Å². The molecule has 0 saturated carbocycles. The zero-order valence-corrected chi connectivity index (χ0v) is 8.71. The van der Waals surface area contributed by atoms with Gasteiger partial charge < -0.3 is 5.32 Å². The summed E-state index contributed by atoms with van der Waals surface area (Å²) >= 11 is 3.29. The summed E-state index contributed by atoms with van der Waals surface area (Å²) in [6.07, 6.45) is 0. The van der Waals surface area contributed by atoms with Crippen LogP contribution in [0.1, 0.15) is 0 Å². The Morgan fingerprint density at radius 3 is 2.46 bits per heavy atom. The van der Waals surface area contributed by atoms with Gasteiger partial charge in [-0.05, 0) is 24.3 Å². The second-order valence-electron chi connectivity index (χ2n) is 2.40. The minimum atomic E-state index is -0.345. The first-order valence-electron chi connectivity index (χ1n) is 3.67. The fraction of sp³-hybridized carbons (Fsp3) is 0.125. The topological polar surface area (TPSA) is 58.4 Å². The van der Waals surface area contributed by atoms with E-state index in [4.69, 9.17) is 5.84 Å². The van der Waals surface area contributed by atoms with Gasteiger partial charge in [-0.3, -0.25) is 0 Å². The van der Waals surface area contributed by atoms with Crippen LogP contribution in [0.2, 0.25) is 0 Å². The molecule has 0 bridgehead atoms. The second-order valence-corrected chi connectivity index (χ2v) is 3.32. The van der Waals surface area contributed by atoms with Crippen LogP contribution in [0, 0.1) is 0 Å². The molecule has 0 fully saturated rings. The van der Waals surface area contributed by atoms with E-state index in [9.17, 15) is 4.79 Å². The van der Waals surface area contributed by atoms with Crippen molar-refractivity contribution in [2.24, 2.45) is 5.84 Å². The third-order valence-electron chi connectivity index (χ3n) is 1.54. The number of benzene rings is 1. The summed E-state index contributed by atoms with van der Waals surface area (Å²) in [6, 6.07) is 6.79. The van der Waals surface area contributed by atoms with Crippen molar-refractivity contribution in [3.8, 4) is 0 Å². The number of nitrogens with zero attached hydrogens (tertiary/aromatic N) is 1. The van der Waals surface area contributed by atoms with E-state index in [2.05, 4.69) is 21.2 Å². The maximum atomic E-state index is 11.1. The Morgan fingerprint density at radius 1 is 1.46 bits per heavy atom. The van der Waals surface area contributed by atoms with Gasteiger partial charge in [-0.2, -0.15) is 0 Å². The number of rotatable bonds is 1. The third kappa shape index (κ3) is 2.43. The molecule has 13 heavy (non-hydrogen) atoms. The van der Waals surface area contributed by atoms with Crippen molar-refractivity contribution in [3.05, 3.63) is 28.7 Å². The predicted molar refractivity (Wildman–Crippen MR) is 55.3 cm³/mol. The number of nitrogens with one attached hydrogen (secondary N) is 1. The van der Waals surface area contributed by atoms with Crippen LogP contribution >= 0.6 is 15.9 Å². The average Bonchev–Trinajstić information content (AvgIpc) is 2.17. The SMILES string of the molecule is CNC(=O)N(N)c1ccc(Br)cc1. The number of carbonyl (C=O) groups is 1. The van der Waals surface area contributed by atoms with Crippen LogP contribution in [0.15, 0.2) is 28.7 Å². The molecular weight excluding hydrogens is 234 g/mol. The highest BCUT2D eigenvalue weighted by Crippen LogP contribution is 2.15. The Morgan fingerprint density at radius 2 is 2.00 bits per heavy atom. The second kappa shape index (κ2) is 4.25. The van der Waals surface area contributed by atoms with E-state index in [1.807, 2.05) is 12.1 Å². The van der Waals surface area contributed by atoms with Crippen molar-refractivity contribution in [1.82, 2.24) is 5.32 Å². The minimum Gasteiger partial charge on any atom is -0.340 e. The molecule has 70 valence electrons. The largest absolute Gasteiger partial charge is 0.340 e. The average molecular weight is 244 g/mol. The van der Waals surface area contributed by atoms with E-state index in [0.29, 0.717) is 5.69 Å². The number of hydrazine groups is 1. The molecule has 1 rings (SSSR count). The van der Waals surface area contributed by atoms with Crippen LogP contribution in [0.4, 0.5) is 10.5 Å². The summed E-state index contributed by atoms with van der Waals surface area (Å²) in [7, 11) is 1.53. The van der Waals surface area contributed by atoms with Crippen molar-refractivity contribution in [2.75, 3.05) is 12.1 Å². The Balaban J connectivity index is 2.83. The van der Waals surface area contributed by atoms with Gasteiger partial charge in [0.25, 0.3) is 0 Å². The maximum absolute atomic E-state index is 11.1. The highest BCUT2D eigenvalue weighted by molar-refractivity contribution is 9.10. The summed E-state index contributed by atoms with van der Waals surface area (Å²) in [5, 5.41) is 3.48. The van der Waals surface area contributed by atoms with Gasteiger partial charge >= 0.3 is 6.03 Å². The van der Waals surface area contributed by atoms with E-state index in [1.54, 1.807) is 12.1 Å². The lowest BCUT2D eigenvalue weighted by Gasteiger charge is -2.15. The molecule has 5 heteroatoms. The van der Waals surface area contributed by atoms with Crippen LogP contribution in [0.5, 0.6) is 0 Å². The summed E-state index contributed by atoms with van der Waals surface area (Å²) in [5.41, 5.74) is 0.641. The van der Waals surface area contributed by atoms with Crippen molar-refractivity contribution >= 4 is 27.6 Å². The fourth-order valence-electron chi connectivity index (χ4n) is 0.839. The zero-order valence-electron chi connectivity index (χ0n) is 7.12. The molecule has 0 radical (unpaired) electrons. The molecule has 0 unspecified atom stereocenters. The summed E-state index contributed by atoms with van der Waals surface area (Å²) in [6.45, 7) is 0. The first-order chi connectivity index (χ1) is 6.15. The van der Waals surface area contributed by atoms with E-state index in [-0.39, 0.29) is 6.03 Å². The number of urea groups is 1. The number of carbonyl (C=O) groups excluding carboxylic acids is 1. The molecule has 0 spiro atoms. The molecule has 3 N–H and O–H groups in total. The lowest BCUT2D eigenvalue weighted by Crippen LogP contribution is -2.43. The normalized spacial score (nSPS) is 9.46. The van der Waals surface area contributed by atoms with Crippen LogP contribution < -0.4 is 16.2 Å². The van der Waals surface area contributed by atoms with E-state index in [1.165, 1.54) is 7.05 Å².